The molecule has 0 amide bonds. The van der Waals surface area contributed by atoms with Crippen LogP contribution in [0.4, 0.5) is 28.8 Å². The molecule has 0 atom stereocenters. The van der Waals surface area contributed by atoms with E-state index in [1.165, 1.54) is 22.1 Å². The van der Waals surface area contributed by atoms with Crippen molar-refractivity contribution in [1.82, 2.24) is 14.9 Å². The molecule has 0 spiro atoms. The Morgan fingerprint density at radius 1 is 1.00 bits per heavy atom. The molecule has 35 heavy (non-hydrogen) atoms. The molecule has 9 heteroatoms. The van der Waals surface area contributed by atoms with Crippen LogP contribution in [-0.2, 0) is 0 Å². The van der Waals surface area contributed by atoms with Crippen molar-refractivity contribution in [3.8, 4) is 5.75 Å². The monoisotopic (exact) mass is 556 g/mol. The quantitative estimate of drug-likeness (QED) is 0.374. The van der Waals surface area contributed by atoms with Gasteiger partial charge in [0.15, 0.2) is 0 Å². The summed E-state index contributed by atoms with van der Waals surface area (Å²) in [6.45, 7) is 12.9. The molecule has 0 unspecified atom stereocenters. The number of hydrogen-bond acceptors (Lipinski definition) is 7. The normalized spacial score (nSPS) is 14.3. The van der Waals surface area contributed by atoms with Crippen LogP contribution in [0.1, 0.15) is 11.1 Å². The van der Waals surface area contributed by atoms with E-state index in [2.05, 4.69) is 106 Å². The average molecular weight is 557 g/mol. The predicted octanol–water partition coefficient (Wildman–Crippen LogP) is 5.47. The molecule has 2 N–H and O–H groups in total. The highest BCUT2D eigenvalue weighted by atomic mass is 79.9. The Morgan fingerprint density at radius 3 is 2.43 bits per heavy atom. The van der Waals surface area contributed by atoms with Crippen LogP contribution in [0.15, 0.2) is 41.0 Å². The van der Waals surface area contributed by atoms with Crippen LogP contribution in [0.5, 0.6) is 5.75 Å². The van der Waals surface area contributed by atoms with Crippen LogP contribution in [-0.4, -0.2) is 68.5 Å². The Balaban J connectivity index is 1.59. The Bertz CT molecular complexity index is 1200. The summed E-state index contributed by atoms with van der Waals surface area (Å²) in [7, 11) is 3.60. The standard InChI is InChI=1S/C26H34BrN6OP/c1-17-7-8-20(24(13-17)35(5)6)29-25-19(27)16-28-26(31-25)30-21-14-18(2)22(15-23(21)34-4)33-11-9-32(3)10-12-33/h7-8,13-16H,9-12H2,1-6H3,(H2,28,29,30,31). The number of methoxy groups -OCH3 is 1. The fraction of sp³-hybridized carbons (Fsp3) is 0.385. The van der Waals surface area contributed by atoms with E-state index in [0.29, 0.717) is 11.8 Å². The molecule has 2 heterocycles. The molecule has 2 aromatic carbocycles. The lowest BCUT2D eigenvalue weighted by Crippen LogP contribution is -2.44. The number of piperazine rings is 1. The first-order chi connectivity index (χ1) is 16.7. The van der Waals surface area contributed by atoms with E-state index in [1.807, 2.05) is 0 Å². The van der Waals surface area contributed by atoms with Gasteiger partial charge < -0.3 is 25.2 Å². The molecule has 1 fully saturated rings. The molecule has 0 aliphatic carbocycles. The molecule has 7 nitrogen and oxygen atoms in total. The minimum atomic E-state index is -0.268. The lowest BCUT2D eigenvalue weighted by Gasteiger charge is -2.35. The maximum absolute atomic E-state index is 5.75. The largest absolute Gasteiger partial charge is 0.494 e. The van der Waals surface area contributed by atoms with Gasteiger partial charge in [-0.25, -0.2) is 4.98 Å². The van der Waals surface area contributed by atoms with Gasteiger partial charge in [-0.15, -0.1) is 0 Å². The first-order valence-electron chi connectivity index (χ1n) is 11.7. The van der Waals surface area contributed by atoms with Crippen molar-refractivity contribution in [3.05, 3.63) is 52.1 Å². The summed E-state index contributed by atoms with van der Waals surface area (Å²) in [5.41, 5.74) is 5.58. The maximum atomic E-state index is 5.75. The molecular weight excluding hydrogens is 523 g/mol. The van der Waals surface area contributed by atoms with Crippen LogP contribution >= 0.6 is 23.9 Å². The molecule has 3 aromatic rings. The summed E-state index contributed by atoms with van der Waals surface area (Å²) in [4.78, 5) is 14.0. The summed E-state index contributed by atoms with van der Waals surface area (Å²) in [5.74, 6) is 1.99. The lowest BCUT2D eigenvalue weighted by atomic mass is 10.1. The third kappa shape index (κ3) is 6.05. The summed E-state index contributed by atoms with van der Waals surface area (Å²) in [6.07, 6.45) is 1.77. The summed E-state index contributed by atoms with van der Waals surface area (Å²) >= 11 is 3.60. The van der Waals surface area contributed by atoms with Crippen molar-refractivity contribution in [2.24, 2.45) is 0 Å². The molecule has 186 valence electrons. The highest BCUT2D eigenvalue weighted by Gasteiger charge is 2.19. The first kappa shape index (κ1) is 25.7. The number of ether oxygens (including phenoxy) is 1. The van der Waals surface area contributed by atoms with Gasteiger partial charge in [0.1, 0.15) is 11.6 Å². The Kier molecular flexibility index (Phi) is 8.15. The molecule has 1 aromatic heterocycles. The molecule has 4 rings (SSSR count). The van der Waals surface area contributed by atoms with Gasteiger partial charge in [-0.1, -0.05) is 19.6 Å². The SMILES string of the molecule is COc1cc(N2CCN(C)CC2)c(C)cc1Nc1ncc(Br)c(Nc2ccc(C)cc2P(C)C)n1. The van der Waals surface area contributed by atoms with Gasteiger partial charge in [0.05, 0.1) is 17.3 Å². The number of halogens is 1. The number of benzene rings is 2. The lowest BCUT2D eigenvalue weighted by molar-refractivity contribution is 0.312. The summed E-state index contributed by atoms with van der Waals surface area (Å²) in [6, 6.07) is 10.7. The van der Waals surface area contributed by atoms with Gasteiger partial charge in [-0.3, -0.25) is 0 Å². The topological polar surface area (TPSA) is 65.6 Å². The van der Waals surface area contributed by atoms with Gasteiger partial charge in [0, 0.05) is 49.8 Å². The predicted molar refractivity (Wildman–Crippen MR) is 153 cm³/mol. The minimum Gasteiger partial charge on any atom is -0.494 e. The fourth-order valence-electron chi connectivity index (χ4n) is 4.21. The van der Waals surface area contributed by atoms with Gasteiger partial charge in [0.25, 0.3) is 0 Å². The number of aryl methyl sites for hydroxylation is 2. The van der Waals surface area contributed by atoms with Crippen LogP contribution in [0.25, 0.3) is 0 Å². The fourth-order valence-corrected chi connectivity index (χ4v) is 5.58. The molecule has 1 saturated heterocycles. The number of nitrogens with one attached hydrogen (secondary N) is 2. The van der Waals surface area contributed by atoms with Crippen LogP contribution in [0.2, 0.25) is 0 Å². The van der Waals surface area contributed by atoms with Crippen molar-refractivity contribution >= 4 is 58.0 Å². The van der Waals surface area contributed by atoms with E-state index in [0.717, 1.165) is 47.8 Å². The molecule has 0 bridgehead atoms. The van der Waals surface area contributed by atoms with Gasteiger partial charge in [0.2, 0.25) is 5.95 Å². The number of anilines is 5. The second-order valence-corrected chi connectivity index (χ2v) is 12.3. The van der Waals surface area contributed by atoms with Crippen molar-refractivity contribution < 1.29 is 4.74 Å². The molecular formula is C26H34BrN6OP. The first-order valence-corrected chi connectivity index (χ1v) is 14.7. The van der Waals surface area contributed by atoms with E-state index in [4.69, 9.17) is 9.72 Å². The number of rotatable bonds is 7. The molecule has 0 saturated carbocycles. The Morgan fingerprint density at radius 2 is 1.74 bits per heavy atom. The highest BCUT2D eigenvalue weighted by molar-refractivity contribution is 9.10. The van der Waals surface area contributed by atoms with E-state index >= 15 is 0 Å². The highest BCUT2D eigenvalue weighted by Crippen LogP contribution is 2.36. The van der Waals surface area contributed by atoms with E-state index in [1.54, 1.807) is 13.3 Å². The second-order valence-electron chi connectivity index (χ2n) is 9.18. The van der Waals surface area contributed by atoms with E-state index < -0.39 is 0 Å². The van der Waals surface area contributed by atoms with Crippen LogP contribution < -0.4 is 25.6 Å². The second kappa shape index (κ2) is 11.1. The Labute approximate surface area is 218 Å². The van der Waals surface area contributed by atoms with Crippen molar-refractivity contribution in [2.75, 3.05) is 69.2 Å². The third-order valence-electron chi connectivity index (χ3n) is 6.24. The zero-order chi connectivity index (χ0) is 25.1. The average Bonchev–Trinajstić information content (AvgIpc) is 2.83. The van der Waals surface area contributed by atoms with E-state index in [-0.39, 0.29) is 7.92 Å². The van der Waals surface area contributed by atoms with Gasteiger partial charge >= 0.3 is 0 Å². The summed E-state index contributed by atoms with van der Waals surface area (Å²) in [5, 5.41) is 8.19. The maximum Gasteiger partial charge on any atom is 0.229 e. The van der Waals surface area contributed by atoms with Gasteiger partial charge in [-0.05, 0) is 79.2 Å². The van der Waals surface area contributed by atoms with E-state index in [9.17, 15) is 0 Å². The number of hydrogen-bond donors (Lipinski definition) is 2. The Hall–Kier alpha value is -2.41. The number of nitrogens with zero attached hydrogens (tertiary/aromatic N) is 4. The van der Waals surface area contributed by atoms with Crippen molar-refractivity contribution in [2.45, 2.75) is 13.8 Å². The molecule has 1 aliphatic heterocycles. The molecule has 0 radical (unpaired) electrons. The summed E-state index contributed by atoms with van der Waals surface area (Å²) < 4.78 is 6.56. The third-order valence-corrected chi connectivity index (χ3v) is 8.15. The zero-order valence-corrected chi connectivity index (χ0v) is 23.8. The van der Waals surface area contributed by atoms with Gasteiger partial charge in [-0.2, -0.15) is 4.98 Å². The van der Waals surface area contributed by atoms with Crippen LogP contribution in [0, 0.1) is 13.8 Å². The van der Waals surface area contributed by atoms with Crippen molar-refractivity contribution in [3.63, 3.8) is 0 Å². The minimum absolute atomic E-state index is 0.268. The van der Waals surface area contributed by atoms with Crippen molar-refractivity contribution in [1.29, 1.82) is 0 Å². The van der Waals surface area contributed by atoms with Crippen LogP contribution in [0.3, 0.4) is 0 Å². The molecule has 1 aliphatic rings. The smallest absolute Gasteiger partial charge is 0.229 e. The number of aromatic nitrogens is 2. The zero-order valence-electron chi connectivity index (χ0n) is 21.3. The number of likely N-dealkylation sites (N-methyl/N-ethyl adjacent to an activating group) is 1.